The monoisotopic (exact) mass is 377 g/mol. The number of unbranched alkanes of at least 4 members (excludes halogenated alkanes) is 1. The molecule has 2 heterocycles. The predicted molar refractivity (Wildman–Crippen MR) is 98.5 cm³/mol. The van der Waals surface area contributed by atoms with E-state index in [-0.39, 0.29) is 5.91 Å². The summed E-state index contributed by atoms with van der Waals surface area (Å²) in [6.45, 7) is 2.68. The zero-order chi connectivity index (χ0) is 17.8. The van der Waals surface area contributed by atoms with Crippen molar-refractivity contribution in [3.63, 3.8) is 0 Å². The van der Waals surface area contributed by atoms with E-state index >= 15 is 0 Å². The van der Waals surface area contributed by atoms with E-state index in [2.05, 4.69) is 17.3 Å². The zero-order valence-electron chi connectivity index (χ0n) is 13.6. The van der Waals surface area contributed by atoms with Crippen molar-refractivity contribution in [3.8, 4) is 17.1 Å². The summed E-state index contributed by atoms with van der Waals surface area (Å²) in [5.41, 5.74) is 1.62. The summed E-state index contributed by atoms with van der Waals surface area (Å²) in [5, 5.41) is 8.25. The molecule has 25 heavy (non-hydrogen) atoms. The lowest BCUT2D eigenvalue weighted by molar-refractivity contribution is 0.0945. The molecular formula is C18H17Cl2N3O2. The van der Waals surface area contributed by atoms with Gasteiger partial charge in [0.25, 0.3) is 5.91 Å². The van der Waals surface area contributed by atoms with Crippen LogP contribution in [0.2, 0.25) is 10.0 Å². The topological polar surface area (TPSA) is 60.1 Å². The number of carbonyl (C=O) groups excluding carboxylic acids is 1. The molecule has 0 radical (unpaired) electrons. The van der Waals surface area contributed by atoms with Gasteiger partial charge in [-0.15, -0.1) is 0 Å². The molecule has 0 spiro atoms. The van der Waals surface area contributed by atoms with E-state index in [1.54, 1.807) is 47.3 Å². The van der Waals surface area contributed by atoms with Crippen LogP contribution in [0, 0.1) is 0 Å². The Kier molecular flexibility index (Phi) is 5.46. The summed E-state index contributed by atoms with van der Waals surface area (Å²) in [6.07, 6.45) is 3.48. The molecule has 0 atom stereocenters. The van der Waals surface area contributed by atoms with Gasteiger partial charge in [-0.3, -0.25) is 4.79 Å². The smallest absolute Gasteiger partial charge is 0.270 e. The minimum Gasteiger partial charge on any atom is -0.463 e. The molecule has 0 aliphatic heterocycles. The number of benzene rings is 1. The molecule has 1 amide bonds. The number of amides is 1. The number of furan rings is 1. The molecule has 0 bridgehead atoms. The first-order chi connectivity index (χ1) is 12.1. The van der Waals surface area contributed by atoms with Gasteiger partial charge >= 0.3 is 0 Å². The molecule has 0 fully saturated rings. The maximum atomic E-state index is 12.6. The van der Waals surface area contributed by atoms with E-state index in [0.29, 0.717) is 39.4 Å². The van der Waals surface area contributed by atoms with Gasteiger partial charge in [-0.05, 0) is 36.8 Å². The maximum absolute atomic E-state index is 12.6. The van der Waals surface area contributed by atoms with Gasteiger partial charge in [-0.2, -0.15) is 5.10 Å². The molecule has 0 aliphatic rings. The number of hydrogen-bond donors (Lipinski definition) is 1. The minimum absolute atomic E-state index is 0.204. The Morgan fingerprint density at radius 2 is 2.08 bits per heavy atom. The summed E-state index contributed by atoms with van der Waals surface area (Å²) < 4.78 is 6.93. The fourth-order valence-corrected chi connectivity index (χ4v) is 2.66. The van der Waals surface area contributed by atoms with Crippen LogP contribution in [-0.4, -0.2) is 22.2 Å². The quantitative estimate of drug-likeness (QED) is 0.616. The molecule has 3 aromatic rings. The van der Waals surface area contributed by atoms with Gasteiger partial charge in [-0.25, -0.2) is 4.68 Å². The lowest BCUT2D eigenvalue weighted by Gasteiger charge is -2.09. The van der Waals surface area contributed by atoms with Crippen LogP contribution in [0.5, 0.6) is 0 Å². The summed E-state index contributed by atoms with van der Waals surface area (Å²) in [6, 6.07) is 10.4. The van der Waals surface area contributed by atoms with Gasteiger partial charge in [0.05, 0.1) is 22.0 Å². The Bertz CT molecular complexity index is 873. The van der Waals surface area contributed by atoms with Crippen molar-refractivity contribution >= 4 is 29.1 Å². The van der Waals surface area contributed by atoms with Crippen molar-refractivity contribution < 1.29 is 9.21 Å². The second-order valence-corrected chi connectivity index (χ2v) is 6.33. The molecule has 5 nitrogen and oxygen atoms in total. The van der Waals surface area contributed by atoms with Gasteiger partial charge < -0.3 is 9.73 Å². The number of nitrogens with zero attached hydrogens (tertiary/aromatic N) is 2. The third-order valence-corrected chi connectivity index (χ3v) is 4.42. The second-order valence-electron chi connectivity index (χ2n) is 5.51. The Labute approximate surface area is 155 Å². The van der Waals surface area contributed by atoms with Gasteiger partial charge in [0.1, 0.15) is 11.4 Å². The predicted octanol–water partition coefficient (Wildman–Crippen LogP) is 4.97. The van der Waals surface area contributed by atoms with Crippen LogP contribution in [0.3, 0.4) is 0 Å². The number of rotatable bonds is 6. The molecule has 7 heteroatoms. The fraction of sp³-hybridized carbons (Fsp3) is 0.222. The van der Waals surface area contributed by atoms with Gasteiger partial charge in [0, 0.05) is 12.6 Å². The van der Waals surface area contributed by atoms with E-state index < -0.39 is 0 Å². The van der Waals surface area contributed by atoms with E-state index in [0.717, 1.165) is 12.8 Å². The normalized spacial score (nSPS) is 10.8. The van der Waals surface area contributed by atoms with Crippen molar-refractivity contribution in [2.45, 2.75) is 19.8 Å². The molecule has 1 N–H and O–H groups in total. The number of hydrogen-bond acceptors (Lipinski definition) is 3. The highest BCUT2D eigenvalue weighted by Crippen LogP contribution is 2.27. The Morgan fingerprint density at radius 3 is 2.76 bits per heavy atom. The van der Waals surface area contributed by atoms with Crippen molar-refractivity contribution in [1.29, 1.82) is 0 Å². The standard InChI is InChI=1S/C18H17Cl2N3O2/c1-2-3-8-21-18(24)16-11-15(17-5-4-9-25-17)22-23(16)12-6-7-13(19)14(20)10-12/h4-7,9-11H,2-3,8H2,1H3,(H,21,24). The largest absolute Gasteiger partial charge is 0.463 e. The molecule has 0 aliphatic carbocycles. The number of nitrogens with one attached hydrogen (secondary N) is 1. The van der Waals surface area contributed by atoms with Crippen molar-refractivity contribution in [3.05, 3.63) is 58.4 Å². The Hall–Kier alpha value is -2.24. The zero-order valence-corrected chi connectivity index (χ0v) is 15.1. The molecular weight excluding hydrogens is 361 g/mol. The number of halogens is 2. The first-order valence-corrected chi connectivity index (χ1v) is 8.73. The Balaban J connectivity index is 2.02. The van der Waals surface area contributed by atoms with Crippen molar-refractivity contribution in [2.75, 3.05) is 6.54 Å². The molecule has 0 unspecified atom stereocenters. The van der Waals surface area contributed by atoms with Crippen LogP contribution in [-0.2, 0) is 0 Å². The van der Waals surface area contributed by atoms with E-state index in [1.165, 1.54) is 0 Å². The van der Waals surface area contributed by atoms with Crippen molar-refractivity contribution in [1.82, 2.24) is 15.1 Å². The first-order valence-electron chi connectivity index (χ1n) is 7.97. The first kappa shape index (κ1) is 17.6. The van der Waals surface area contributed by atoms with Gasteiger partial charge in [-0.1, -0.05) is 36.5 Å². The van der Waals surface area contributed by atoms with Crippen molar-refractivity contribution in [2.24, 2.45) is 0 Å². The summed E-state index contributed by atoms with van der Waals surface area (Å²) in [7, 11) is 0. The van der Waals surface area contributed by atoms with Crippen LogP contribution >= 0.6 is 23.2 Å². The lowest BCUT2D eigenvalue weighted by Crippen LogP contribution is -2.26. The Morgan fingerprint density at radius 1 is 1.24 bits per heavy atom. The van der Waals surface area contributed by atoms with Crippen LogP contribution < -0.4 is 5.32 Å². The van der Waals surface area contributed by atoms with Crippen LogP contribution in [0.15, 0.2) is 47.1 Å². The number of carbonyl (C=O) groups is 1. The highest BCUT2D eigenvalue weighted by molar-refractivity contribution is 6.42. The fourth-order valence-electron chi connectivity index (χ4n) is 2.37. The summed E-state index contributed by atoms with van der Waals surface area (Å²) >= 11 is 12.1. The average molecular weight is 378 g/mol. The molecule has 1 aromatic carbocycles. The molecule has 130 valence electrons. The third-order valence-electron chi connectivity index (χ3n) is 3.68. The minimum atomic E-state index is -0.204. The summed E-state index contributed by atoms with van der Waals surface area (Å²) in [4.78, 5) is 12.6. The average Bonchev–Trinajstić information content (AvgIpc) is 3.26. The molecule has 0 saturated heterocycles. The van der Waals surface area contributed by atoms with Crippen LogP contribution in [0.25, 0.3) is 17.1 Å². The van der Waals surface area contributed by atoms with Gasteiger partial charge in [0.2, 0.25) is 0 Å². The van der Waals surface area contributed by atoms with E-state index in [9.17, 15) is 4.79 Å². The lowest BCUT2D eigenvalue weighted by atomic mass is 10.2. The van der Waals surface area contributed by atoms with Crippen LogP contribution in [0.1, 0.15) is 30.3 Å². The molecule has 3 rings (SSSR count). The SMILES string of the molecule is CCCCNC(=O)c1cc(-c2ccco2)nn1-c1ccc(Cl)c(Cl)c1. The van der Waals surface area contributed by atoms with E-state index in [1.807, 2.05) is 0 Å². The highest BCUT2D eigenvalue weighted by atomic mass is 35.5. The maximum Gasteiger partial charge on any atom is 0.270 e. The number of aromatic nitrogens is 2. The van der Waals surface area contributed by atoms with Gasteiger partial charge in [0.15, 0.2) is 5.76 Å². The van der Waals surface area contributed by atoms with E-state index in [4.69, 9.17) is 27.6 Å². The second kappa shape index (κ2) is 7.76. The van der Waals surface area contributed by atoms with Crippen LogP contribution in [0.4, 0.5) is 0 Å². The molecule has 0 saturated carbocycles. The highest BCUT2D eigenvalue weighted by Gasteiger charge is 2.19. The third kappa shape index (κ3) is 3.89. The summed E-state index contributed by atoms with van der Waals surface area (Å²) in [5.74, 6) is 0.381. The molecule has 2 aromatic heterocycles.